The van der Waals surface area contributed by atoms with E-state index in [1.807, 2.05) is 0 Å². The Labute approximate surface area is 111 Å². The largest absolute Gasteiger partial charge is 0.506 e. The van der Waals surface area contributed by atoms with E-state index in [1.54, 1.807) is 6.92 Å². The maximum atomic E-state index is 11.9. The van der Waals surface area contributed by atoms with Crippen LogP contribution in [0.3, 0.4) is 0 Å². The average Bonchev–Trinajstić information content (AvgIpc) is 2.34. The van der Waals surface area contributed by atoms with Gasteiger partial charge in [0.15, 0.2) is 6.29 Å². The molecule has 0 aliphatic rings. The average molecular weight is 274 g/mol. The van der Waals surface area contributed by atoms with Crippen molar-refractivity contribution in [2.45, 2.75) is 19.3 Å². The molecule has 0 aliphatic carbocycles. The summed E-state index contributed by atoms with van der Waals surface area (Å²) in [6.07, 6.45) is -0.526. The van der Waals surface area contributed by atoms with Gasteiger partial charge in [0.05, 0.1) is 11.1 Å². The van der Waals surface area contributed by atoms with Gasteiger partial charge in [-0.2, -0.15) is 0 Å². The predicted octanol–water partition coefficient (Wildman–Crippen LogP) is 1.78. The lowest BCUT2D eigenvalue weighted by atomic mass is 10.2. The Morgan fingerprint density at radius 1 is 1.39 bits per heavy atom. The molecule has 0 bridgehead atoms. The van der Waals surface area contributed by atoms with E-state index in [4.69, 9.17) is 21.1 Å². The molecule has 0 saturated carbocycles. The third-order valence-electron chi connectivity index (χ3n) is 2.44. The first-order valence-corrected chi connectivity index (χ1v) is 5.72. The summed E-state index contributed by atoms with van der Waals surface area (Å²) in [6, 6.07) is 3.93. The summed E-state index contributed by atoms with van der Waals surface area (Å²) in [6.45, 7) is 1.76. The minimum absolute atomic E-state index is 0.0621. The number of benzene rings is 1. The second kappa shape index (κ2) is 6.58. The summed E-state index contributed by atoms with van der Waals surface area (Å²) < 4.78 is 10.1. The molecule has 0 radical (unpaired) electrons. The lowest BCUT2D eigenvalue weighted by Gasteiger charge is -2.22. The number of nitrogens with one attached hydrogen (secondary N) is 1. The van der Waals surface area contributed by atoms with E-state index >= 15 is 0 Å². The maximum absolute atomic E-state index is 11.9. The van der Waals surface area contributed by atoms with E-state index < -0.39 is 6.29 Å². The fourth-order valence-electron chi connectivity index (χ4n) is 1.51. The fraction of sp³-hybridized carbons (Fsp3) is 0.417. The van der Waals surface area contributed by atoms with Gasteiger partial charge in [0.2, 0.25) is 0 Å². The summed E-state index contributed by atoms with van der Waals surface area (Å²) in [5.41, 5.74) is 0.357. The van der Waals surface area contributed by atoms with Crippen molar-refractivity contribution in [3.05, 3.63) is 28.8 Å². The molecule has 1 rings (SSSR count). The molecule has 0 heterocycles. The van der Waals surface area contributed by atoms with Crippen molar-refractivity contribution in [3.63, 3.8) is 0 Å². The molecule has 0 saturated heterocycles. The Hall–Kier alpha value is -1.30. The van der Waals surface area contributed by atoms with Gasteiger partial charge in [-0.25, -0.2) is 0 Å². The number of ether oxygens (including phenoxy) is 2. The normalized spacial score (nSPS) is 12.5. The number of halogens is 1. The Morgan fingerprint density at radius 2 is 2.00 bits per heavy atom. The molecular weight excluding hydrogens is 258 g/mol. The van der Waals surface area contributed by atoms with Crippen molar-refractivity contribution in [1.82, 2.24) is 5.32 Å². The predicted molar refractivity (Wildman–Crippen MR) is 67.9 cm³/mol. The number of aromatic hydroxyl groups is 1. The fourth-order valence-corrected chi connectivity index (χ4v) is 1.69. The number of phenols is 1. The van der Waals surface area contributed by atoms with E-state index in [1.165, 1.54) is 32.4 Å². The van der Waals surface area contributed by atoms with E-state index in [9.17, 15) is 9.90 Å². The van der Waals surface area contributed by atoms with Crippen LogP contribution in [0.2, 0.25) is 5.02 Å². The smallest absolute Gasteiger partial charge is 0.251 e. The van der Waals surface area contributed by atoms with Gasteiger partial charge in [0.25, 0.3) is 5.91 Å². The number of amides is 1. The highest BCUT2D eigenvalue weighted by Crippen LogP contribution is 2.23. The Bertz CT molecular complexity index is 421. The van der Waals surface area contributed by atoms with Crippen LogP contribution in [-0.4, -0.2) is 37.6 Å². The molecule has 1 aromatic carbocycles. The van der Waals surface area contributed by atoms with Gasteiger partial charge in [-0.3, -0.25) is 4.79 Å². The van der Waals surface area contributed by atoms with Crippen LogP contribution in [0.1, 0.15) is 17.3 Å². The lowest BCUT2D eigenvalue weighted by Crippen LogP contribution is -2.42. The summed E-state index contributed by atoms with van der Waals surface area (Å²) in [5.74, 6) is -0.378. The lowest BCUT2D eigenvalue weighted by molar-refractivity contribution is -0.117. The highest BCUT2D eigenvalue weighted by atomic mass is 35.5. The molecule has 5 nitrogen and oxygen atoms in total. The molecular formula is C12H16ClNO4. The van der Waals surface area contributed by atoms with Crippen molar-refractivity contribution in [3.8, 4) is 5.75 Å². The first-order valence-electron chi connectivity index (χ1n) is 5.34. The van der Waals surface area contributed by atoms with E-state index in [-0.39, 0.29) is 22.7 Å². The zero-order valence-electron chi connectivity index (χ0n) is 10.4. The van der Waals surface area contributed by atoms with Crippen LogP contribution < -0.4 is 5.32 Å². The second-order valence-corrected chi connectivity index (χ2v) is 4.18. The summed E-state index contributed by atoms with van der Waals surface area (Å²) in [7, 11) is 2.99. The maximum Gasteiger partial charge on any atom is 0.251 e. The third kappa shape index (κ3) is 3.60. The molecule has 0 spiro atoms. The van der Waals surface area contributed by atoms with Crippen LogP contribution >= 0.6 is 11.6 Å². The molecule has 1 unspecified atom stereocenters. The van der Waals surface area contributed by atoms with Gasteiger partial charge in [-0.1, -0.05) is 11.6 Å². The molecule has 1 atom stereocenters. The zero-order chi connectivity index (χ0) is 13.7. The van der Waals surface area contributed by atoms with E-state index in [2.05, 4.69) is 5.32 Å². The van der Waals surface area contributed by atoms with Gasteiger partial charge in [-0.15, -0.1) is 0 Å². The van der Waals surface area contributed by atoms with Crippen molar-refractivity contribution in [2.24, 2.45) is 0 Å². The van der Waals surface area contributed by atoms with Crippen LogP contribution in [-0.2, 0) is 9.47 Å². The zero-order valence-corrected chi connectivity index (χ0v) is 11.2. The van der Waals surface area contributed by atoms with Crippen LogP contribution in [0, 0.1) is 0 Å². The van der Waals surface area contributed by atoms with E-state index in [0.717, 1.165) is 0 Å². The molecule has 0 fully saturated rings. The van der Waals surface area contributed by atoms with Gasteiger partial charge in [-0.05, 0) is 25.1 Å². The Balaban J connectivity index is 2.73. The van der Waals surface area contributed by atoms with Crippen molar-refractivity contribution >= 4 is 17.5 Å². The van der Waals surface area contributed by atoms with Crippen molar-refractivity contribution < 1.29 is 19.4 Å². The molecule has 18 heavy (non-hydrogen) atoms. The SMILES string of the molecule is COC(OC)C(C)NC(=O)c1ccc(O)c(Cl)c1. The van der Waals surface area contributed by atoms with Crippen molar-refractivity contribution in [1.29, 1.82) is 0 Å². The second-order valence-electron chi connectivity index (χ2n) is 3.77. The third-order valence-corrected chi connectivity index (χ3v) is 2.74. The quantitative estimate of drug-likeness (QED) is 0.803. The van der Waals surface area contributed by atoms with Crippen LogP contribution in [0.15, 0.2) is 18.2 Å². The monoisotopic (exact) mass is 273 g/mol. The van der Waals surface area contributed by atoms with Gasteiger partial charge >= 0.3 is 0 Å². The molecule has 100 valence electrons. The molecule has 1 amide bonds. The number of carbonyl (C=O) groups is 1. The number of phenolic OH excluding ortho intramolecular Hbond substituents is 1. The molecule has 6 heteroatoms. The number of methoxy groups -OCH3 is 2. The first-order chi connectivity index (χ1) is 8.49. The van der Waals surface area contributed by atoms with Crippen LogP contribution in [0.5, 0.6) is 5.75 Å². The molecule has 0 aliphatic heterocycles. The molecule has 0 aromatic heterocycles. The Morgan fingerprint density at radius 3 is 2.50 bits per heavy atom. The molecule has 1 aromatic rings. The Kier molecular flexibility index (Phi) is 5.40. The highest BCUT2D eigenvalue weighted by molar-refractivity contribution is 6.32. The minimum Gasteiger partial charge on any atom is -0.506 e. The molecule has 2 N–H and O–H groups in total. The van der Waals surface area contributed by atoms with Gasteiger partial charge in [0, 0.05) is 19.8 Å². The van der Waals surface area contributed by atoms with Crippen LogP contribution in [0.25, 0.3) is 0 Å². The minimum atomic E-state index is -0.526. The summed E-state index contributed by atoms with van der Waals surface area (Å²) >= 11 is 5.73. The van der Waals surface area contributed by atoms with Gasteiger partial charge in [0.1, 0.15) is 5.75 Å². The number of rotatable bonds is 5. The highest BCUT2D eigenvalue weighted by Gasteiger charge is 2.19. The van der Waals surface area contributed by atoms with Crippen molar-refractivity contribution in [2.75, 3.05) is 14.2 Å². The summed E-state index contributed by atoms with van der Waals surface area (Å²) in [4.78, 5) is 11.9. The number of carbonyl (C=O) groups excluding carboxylic acids is 1. The number of hydrogen-bond acceptors (Lipinski definition) is 4. The van der Waals surface area contributed by atoms with Gasteiger partial charge < -0.3 is 19.9 Å². The van der Waals surface area contributed by atoms with Crippen LogP contribution in [0.4, 0.5) is 0 Å². The standard InChI is InChI=1S/C12H16ClNO4/c1-7(12(17-2)18-3)14-11(16)8-4-5-10(15)9(13)6-8/h4-7,12,15H,1-3H3,(H,14,16). The first kappa shape index (κ1) is 14.8. The van der Waals surface area contributed by atoms with E-state index in [0.29, 0.717) is 5.56 Å². The summed E-state index contributed by atoms with van der Waals surface area (Å²) in [5, 5.41) is 12.1. The topological polar surface area (TPSA) is 67.8 Å². The number of hydrogen-bond donors (Lipinski definition) is 2.